The van der Waals surface area contributed by atoms with Gasteiger partial charge in [-0.25, -0.2) is 0 Å². The van der Waals surface area contributed by atoms with Gasteiger partial charge < -0.3 is 5.32 Å². The van der Waals surface area contributed by atoms with Gasteiger partial charge in [0.1, 0.15) is 0 Å². The van der Waals surface area contributed by atoms with E-state index in [1.54, 1.807) is 24.3 Å². The summed E-state index contributed by atoms with van der Waals surface area (Å²) in [5, 5.41) is 2.99. The summed E-state index contributed by atoms with van der Waals surface area (Å²) in [4.78, 5) is 37.7. The zero-order valence-corrected chi connectivity index (χ0v) is 17.6. The van der Waals surface area contributed by atoms with E-state index < -0.39 is 0 Å². The molecule has 0 saturated carbocycles. The number of unbranched alkanes of at least 4 members (excludes halogenated alkanes) is 7. The summed E-state index contributed by atoms with van der Waals surface area (Å²) >= 11 is 0. The third kappa shape index (κ3) is 6.77. The molecule has 5 heteroatoms. The zero-order chi connectivity index (χ0) is 20.6. The second kappa shape index (κ2) is 10.4. The minimum absolute atomic E-state index is 0.139. The quantitative estimate of drug-likeness (QED) is 0.442. The van der Waals surface area contributed by atoms with Gasteiger partial charge in [-0.1, -0.05) is 50.7 Å². The van der Waals surface area contributed by atoms with Gasteiger partial charge in [-0.3, -0.25) is 19.3 Å². The molecule has 0 aliphatic carbocycles. The van der Waals surface area contributed by atoms with Crippen LogP contribution >= 0.6 is 0 Å². The minimum Gasteiger partial charge on any atom is -0.352 e. The van der Waals surface area contributed by atoms with Crippen molar-refractivity contribution in [1.29, 1.82) is 0 Å². The third-order valence-electron chi connectivity index (χ3n) is 4.93. The number of imide groups is 1. The number of nitrogens with zero attached hydrogens (tertiary/aromatic N) is 1. The number of nitrogens with one attached hydrogen (secondary N) is 1. The van der Waals surface area contributed by atoms with Crippen molar-refractivity contribution in [2.75, 3.05) is 6.54 Å². The highest BCUT2D eigenvalue weighted by Gasteiger charge is 2.34. The van der Waals surface area contributed by atoms with Crippen LogP contribution in [-0.2, 0) is 4.79 Å². The van der Waals surface area contributed by atoms with Crippen molar-refractivity contribution in [2.24, 2.45) is 0 Å². The molecule has 1 heterocycles. The Kier molecular flexibility index (Phi) is 8.21. The maximum atomic E-state index is 12.3. The summed E-state index contributed by atoms with van der Waals surface area (Å²) < 4.78 is 0. The van der Waals surface area contributed by atoms with Crippen LogP contribution in [-0.4, -0.2) is 34.7 Å². The number of carbonyl (C=O) groups excluding carboxylic acids is 3. The Balaban J connectivity index is 1.48. The standard InChI is InChI=1S/C23H34N2O3/c1-23(2,3)24-20(26)16-10-8-6-4-5-7-9-13-17-25-21(27)18-14-11-12-15-19(18)22(25)28/h11-12,14-15H,4-10,13,16-17H2,1-3H3,(H,24,26). The Bertz CT molecular complexity index is 656. The molecular weight excluding hydrogens is 352 g/mol. The molecule has 0 aromatic heterocycles. The predicted octanol–water partition coefficient (Wildman–Crippen LogP) is 4.71. The number of rotatable bonds is 11. The summed E-state index contributed by atoms with van der Waals surface area (Å²) in [5.74, 6) is -0.173. The van der Waals surface area contributed by atoms with E-state index in [0.29, 0.717) is 24.1 Å². The number of amides is 3. The zero-order valence-electron chi connectivity index (χ0n) is 17.6. The summed E-state index contributed by atoms with van der Waals surface area (Å²) in [6.07, 6.45) is 9.14. The van der Waals surface area contributed by atoms with Crippen molar-refractivity contribution in [3.05, 3.63) is 35.4 Å². The molecular formula is C23H34N2O3. The number of hydrogen-bond donors (Lipinski definition) is 1. The molecule has 154 valence electrons. The summed E-state index contributed by atoms with van der Waals surface area (Å²) in [6.45, 7) is 6.51. The molecule has 0 spiro atoms. The lowest BCUT2D eigenvalue weighted by Gasteiger charge is -2.20. The molecule has 1 aliphatic rings. The van der Waals surface area contributed by atoms with Crippen molar-refractivity contribution in [3.8, 4) is 0 Å². The average Bonchev–Trinajstić information content (AvgIpc) is 2.87. The van der Waals surface area contributed by atoms with E-state index in [2.05, 4.69) is 5.32 Å². The minimum atomic E-state index is -0.156. The lowest BCUT2D eigenvalue weighted by atomic mass is 10.1. The smallest absolute Gasteiger partial charge is 0.261 e. The largest absolute Gasteiger partial charge is 0.352 e. The molecule has 28 heavy (non-hydrogen) atoms. The molecule has 0 fully saturated rings. The van der Waals surface area contributed by atoms with E-state index >= 15 is 0 Å². The highest BCUT2D eigenvalue weighted by atomic mass is 16.2. The van der Waals surface area contributed by atoms with Crippen LogP contribution in [0.2, 0.25) is 0 Å². The fraction of sp³-hybridized carbons (Fsp3) is 0.609. The van der Waals surface area contributed by atoms with Gasteiger partial charge in [0.25, 0.3) is 11.8 Å². The van der Waals surface area contributed by atoms with E-state index in [1.807, 2.05) is 20.8 Å². The van der Waals surface area contributed by atoms with Crippen LogP contribution in [0.4, 0.5) is 0 Å². The Hall–Kier alpha value is -2.17. The first-order valence-electron chi connectivity index (χ1n) is 10.6. The molecule has 3 amide bonds. The Labute approximate surface area is 168 Å². The first-order valence-corrected chi connectivity index (χ1v) is 10.6. The third-order valence-corrected chi connectivity index (χ3v) is 4.93. The number of fused-ring (bicyclic) bond motifs is 1. The van der Waals surface area contributed by atoms with Crippen molar-refractivity contribution in [2.45, 2.75) is 84.1 Å². The van der Waals surface area contributed by atoms with E-state index in [-0.39, 0.29) is 23.3 Å². The first kappa shape index (κ1) is 22.1. The van der Waals surface area contributed by atoms with Crippen LogP contribution in [0.3, 0.4) is 0 Å². The van der Waals surface area contributed by atoms with Crippen LogP contribution in [0.25, 0.3) is 0 Å². The molecule has 1 aromatic rings. The number of hydrogen-bond acceptors (Lipinski definition) is 3. The second-order valence-electron chi connectivity index (χ2n) is 8.68. The highest BCUT2D eigenvalue weighted by molar-refractivity contribution is 6.21. The van der Waals surface area contributed by atoms with Crippen molar-refractivity contribution in [1.82, 2.24) is 10.2 Å². The molecule has 5 nitrogen and oxygen atoms in total. The van der Waals surface area contributed by atoms with Gasteiger partial charge >= 0.3 is 0 Å². The maximum absolute atomic E-state index is 12.3. The summed E-state index contributed by atoms with van der Waals surface area (Å²) in [6, 6.07) is 7.04. The van der Waals surface area contributed by atoms with Gasteiger partial charge in [0.2, 0.25) is 5.91 Å². The van der Waals surface area contributed by atoms with E-state index in [0.717, 1.165) is 44.9 Å². The van der Waals surface area contributed by atoms with Gasteiger partial charge in [0, 0.05) is 18.5 Å². The molecule has 1 aromatic carbocycles. The molecule has 0 radical (unpaired) electrons. The summed E-state index contributed by atoms with van der Waals surface area (Å²) in [7, 11) is 0. The SMILES string of the molecule is CC(C)(C)NC(=O)CCCCCCCCCCN1C(=O)c2ccccc2C1=O. The molecule has 0 unspecified atom stereocenters. The topological polar surface area (TPSA) is 66.5 Å². The monoisotopic (exact) mass is 386 g/mol. The lowest BCUT2D eigenvalue weighted by Crippen LogP contribution is -2.40. The van der Waals surface area contributed by atoms with Crippen molar-refractivity contribution < 1.29 is 14.4 Å². The average molecular weight is 387 g/mol. The fourth-order valence-electron chi connectivity index (χ4n) is 3.54. The van der Waals surface area contributed by atoms with E-state index in [4.69, 9.17) is 0 Å². The Morgan fingerprint density at radius 3 is 1.79 bits per heavy atom. The van der Waals surface area contributed by atoms with E-state index in [1.165, 1.54) is 11.3 Å². The van der Waals surface area contributed by atoms with Gasteiger partial charge in [-0.15, -0.1) is 0 Å². The second-order valence-corrected chi connectivity index (χ2v) is 8.68. The number of carbonyl (C=O) groups is 3. The fourth-order valence-corrected chi connectivity index (χ4v) is 3.54. The van der Waals surface area contributed by atoms with Crippen LogP contribution in [0, 0.1) is 0 Å². The molecule has 0 bridgehead atoms. The normalized spacial score (nSPS) is 13.8. The Morgan fingerprint density at radius 1 is 0.821 bits per heavy atom. The van der Waals surface area contributed by atoms with Crippen LogP contribution in [0.1, 0.15) is 99.3 Å². The van der Waals surface area contributed by atoms with Crippen LogP contribution in [0.5, 0.6) is 0 Å². The van der Waals surface area contributed by atoms with Crippen molar-refractivity contribution >= 4 is 17.7 Å². The van der Waals surface area contributed by atoms with Crippen molar-refractivity contribution in [3.63, 3.8) is 0 Å². The molecule has 0 atom stereocenters. The van der Waals surface area contributed by atoms with Gasteiger partial charge in [0.15, 0.2) is 0 Å². The molecule has 1 aliphatic heterocycles. The molecule has 2 rings (SSSR count). The van der Waals surface area contributed by atoms with Gasteiger partial charge in [0.05, 0.1) is 11.1 Å². The maximum Gasteiger partial charge on any atom is 0.261 e. The first-order chi connectivity index (χ1) is 13.3. The molecule has 0 saturated heterocycles. The van der Waals surface area contributed by atoms with Crippen LogP contribution < -0.4 is 5.32 Å². The lowest BCUT2D eigenvalue weighted by molar-refractivity contribution is -0.122. The number of benzene rings is 1. The summed E-state index contributed by atoms with van der Waals surface area (Å²) in [5.41, 5.74) is 0.914. The van der Waals surface area contributed by atoms with Gasteiger partial charge in [-0.2, -0.15) is 0 Å². The Morgan fingerprint density at radius 2 is 1.29 bits per heavy atom. The van der Waals surface area contributed by atoms with Crippen LogP contribution in [0.15, 0.2) is 24.3 Å². The van der Waals surface area contributed by atoms with E-state index in [9.17, 15) is 14.4 Å². The molecule has 1 N–H and O–H groups in total. The van der Waals surface area contributed by atoms with Gasteiger partial charge in [-0.05, 0) is 45.7 Å². The predicted molar refractivity (Wildman–Crippen MR) is 111 cm³/mol. The highest BCUT2D eigenvalue weighted by Crippen LogP contribution is 2.23.